The number of rotatable bonds is 17. The fourth-order valence-corrected chi connectivity index (χ4v) is 14.2. The van der Waals surface area contributed by atoms with Crippen LogP contribution < -0.4 is 0 Å². The van der Waals surface area contributed by atoms with Gasteiger partial charge in [-0.15, -0.1) is 0 Å². The van der Waals surface area contributed by atoms with E-state index in [0.717, 1.165) is 55.2 Å². The molecule has 2 aromatic carbocycles. The molecule has 0 aromatic heterocycles. The minimum Gasteiger partial charge on any atom is -0.469 e. The number of esters is 2. The summed E-state index contributed by atoms with van der Waals surface area (Å²) in [7, 11) is -4.69. The number of hydrogen-bond donors (Lipinski definition) is 0. The Hall–Kier alpha value is -5.98. The van der Waals surface area contributed by atoms with Crippen molar-refractivity contribution >= 4 is 56.5 Å². The Morgan fingerprint density at radius 1 is 0.450 bits per heavy atom. The second kappa shape index (κ2) is 39.1. The lowest BCUT2D eigenvalue weighted by Crippen LogP contribution is -2.50. The Kier molecular flexibility index (Phi) is 34.5. The molecule has 4 amide bonds. The molecule has 4 aliphatic rings. The predicted molar refractivity (Wildman–Crippen MR) is 388 cm³/mol. The zero-order valence-corrected chi connectivity index (χ0v) is 66.7. The van der Waals surface area contributed by atoms with Crippen LogP contribution in [0.3, 0.4) is 0 Å². The molecule has 0 spiro atoms. The number of aryl methyl sites for hydroxylation is 2. The number of piperidine rings is 4. The topological polar surface area (TPSA) is 258 Å². The molecule has 24 heteroatoms. The highest BCUT2D eigenvalue weighted by Gasteiger charge is 2.40. The Bertz CT molecular complexity index is 3040. The molecular weight excluding hydrogens is 1320 g/mol. The number of methoxy groups -OCH3 is 2. The second-order valence-electron chi connectivity index (χ2n) is 32.4. The maximum atomic E-state index is 12.6. The van der Waals surface area contributed by atoms with Crippen LogP contribution in [0.1, 0.15) is 220 Å². The first-order valence-corrected chi connectivity index (χ1v) is 38.6. The summed E-state index contributed by atoms with van der Waals surface area (Å²) in [5.74, 6) is 1.61. The number of hydrogen-bond acceptors (Lipinski definition) is 18. The van der Waals surface area contributed by atoms with Crippen LogP contribution in [0.2, 0.25) is 0 Å². The molecule has 100 heavy (non-hydrogen) atoms. The molecule has 4 heterocycles. The third-order valence-corrected chi connectivity index (χ3v) is 20.4. The van der Waals surface area contributed by atoms with Crippen LogP contribution in [0.5, 0.6) is 0 Å². The van der Waals surface area contributed by atoms with Gasteiger partial charge in [-0.25, -0.2) is 24.0 Å². The summed E-state index contributed by atoms with van der Waals surface area (Å²) in [5, 5.41) is 0. The lowest BCUT2D eigenvalue weighted by molar-refractivity contribution is -0.142. The Labute approximate surface area is 601 Å². The highest BCUT2D eigenvalue weighted by Crippen LogP contribution is 2.35. The molecular formula is C76H126N4O18S2. The van der Waals surface area contributed by atoms with Crippen LogP contribution in [-0.2, 0) is 66.6 Å². The van der Waals surface area contributed by atoms with Gasteiger partial charge in [0.15, 0.2) is 0 Å². The molecule has 22 nitrogen and oxygen atoms in total. The zero-order chi connectivity index (χ0) is 76.1. The van der Waals surface area contributed by atoms with Gasteiger partial charge in [0.05, 0.1) is 37.2 Å². The van der Waals surface area contributed by atoms with E-state index in [-0.39, 0.29) is 89.4 Å². The molecule has 0 saturated carbocycles. The molecule has 0 radical (unpaired) electrons. The van der Waals surface area contributed by atoms with E-state index in [1.165, 1.54) is 14.2 Å². The van der Waals surface area contributed by atoms with E-state index in [9.17, 15) is 45.6 Å². The first-order valence-electron chi connectivity index (χ1n) is 35.8. The van der Waals surface area contributed by atoms with E-state index >= 15 is 0 Å². The number of ether oxygens (including phenoxy) is 6. The van der Waals surface area contributed by atoms with Gasteiger partial charge in [0.25, 0.3) is 20.2 Å². The molecule has 4 saturated heterocycles. The lowest BCUT2D eigenvalue weighted by atomic mass is 9.84. The van der Waals surface area contributed by atoms with Crippen molar-refractivity contribution in [2.24, 2.45) is 41.4 Å². The molecule has 6 rings (SSSR count). The van der Waals surface area contributed by atoms with Crippen molar-refractivity contribution < 1.29 is 82.4 Å². The summed E-state index contributed by atoms with van der Waals surface area (Å²) in [6.45, 7) is 45.7. The van der Waals surface area contributed by atoms with Crippen LogP contribution >= 0.6 is 0 Å². The van der Waals surface area contributed by atoms with Crippen LogP contribution in [0.4, 0.5) is 19.2 Å². The predicted octanol–water partition coefficient (Wildman–Crippen LogP) is 15.9. The van der Waals surface area contributed by atoms with Gasteiger partial charge in [-0.3, -0.25) is 13.2 Å². The van der Waals surface area contributed by atoms with Crippen molar-refractivity contribution in [3.8, 4) is 0 Å². The molecule has 4 aliphatic heterocycles. The highest BCUT2D eigenvalue weighted by atomic mass is 32.2. The lowest BCUT2D eigenvalue weighted by Gasteiger charge is -2.42. The van der Waals surface area contributed by atoms with Gasteiger partial charge in [0.1, 0.15) is 22.4 Å². The van der Waals surface area contributed by atoms with Crippen molar-refractivity contribution in [3.63, 3.8) is 0 Å². The third-order valence-electron chi connectivity index (χ3n) is 17.8. The number of carbonyl (C=O) groups is 6. The van der Waals surface area contributed by atoms with Crippen LogP contribution in [0.25, 0.3) is 0 Å². The van der Waals surface area contributed by atoms with E-state index in [2.05, 4.69) is 60.1 Å². The smallest absolute Gasteiger partial charge is 0.410 e. The molecule has 7 atom stereocenters. The number of nitrogens with zero attached hydrogens (tertiary/aromatic N) is 4. The highest BCUT2D eigenvalue weighted by molar-refractivity contribution is 7.87. The van der Waals surface area contributed by atoms with Crippen molar-refractivity contribution in [2.45, 2.75) is 279 Å². The molecule has 0 aliphatic carbocycles. The summed E-state index contributed by atoms with van der Waals surface area (Å²) in [4.78, 5) is 80.2. The fraction of sp³-hybridized carbons (Fsp3) is 0.737. The quantitative estimate of drug-likeness (QED) is 0.0617. The summed E-state index contributed by atoms with van der Waals surface area (Å²) < 4.78 is 91.4. The van der Waals surface area contributed by atoms with Crippen molar-refractivity contribution in [3.05, 3.63) is 71.3 Å². The van der Waals surface area contributed by atoms with Gasteiger partial charge in [-0.1, -0.05) is 96.4 Å². The molecule has 2 aromatic rings. The standard InChI is InChI=1S/2C22H35NO5S.C16H29NO4.C16H27NO4/c2*1-16(2)20-15-18(11-13-23(20)21(24)28-22(4,5)6)12-14-27-29(25,26)19-9-7-17(3)8-10-19;2*1-11(2)13-9-12(10-14(18)20-6)7-8-17(13)15(19)21-16(3,4)5/h2*7-10,16,18,20H,11-15H2,1-6H3;11-13H,7-10H2,1-6H3;10-11,13H,7-9H2,1-6H3/t18-,20+;18-,20-;12-,13+;/m001./s1. The largest absolute Gasteiger partial charge is 0.469 e. The van der Waals surface area contributed by atoms with Gasteiger partial charge in [-0.2, -0.15) is 16.8 Å². The van der Waals surface area contributed by atoms with Crippen molar-refractivity contribution in [1.82, 2.24) is 19.6 Å². The molecule has 4 fully saturated rings. The summed E-state index contributed by atoms with van der Waals surface area (Å²) >= 11 is 0. The SMILES string of the molecule is COC(=O)C=C1CCN(C(=O)OC(C)(C)C)C(C(C)C)C1.COC(=O)C[C@@H]1CCN(C(=O)OC(C)(C)C)[C@H](C(C)C)C1.Cc1ccc(S(=O)(=O)OCC[C@@H]2CCN(C(=O)OC(C)(C)C)[C@@H](C(C)C)C2)cc1.Cc1ccc(S(=O)(=O)OCC[C@@H]2CCN(C(=O)OC(C)(C)C)[C@H](C(C)C)C2)cc1. The van der Waals surface area contributed by atoms with E-state index in [1.54, 1.807) is 59.5 Å². The van der Waals surface area contributed by atoms with Gasteiger partial charge >= 0.3 is 36.3 Å². The van der Waals surface area contributed by atoms with Crippen molar-refractivity contribution in [2.75, 3.05) is 53.6 Å². The molecule has 0 bridgehead atoms. The fourth-order valence-electron chi connectivity index (χ4n) is 12.4. The van der Waals surface area contributed by atoms with Crippen LogP contribution in [0.15, 0.2) is 70.0 Å². The number of benzene rings is 2. The van der Waals surface area contributed by atoms with Gasteiger partial charge in [0.2, 0.25) is 0 Å². The zero-order valence-electron chi connectivity index (χ0n) is 65.0. The van der Waals surface area contributed by atoms with Crippen molar-refractivity contribution in [1.29, 1.82) is 0 Å². The normalized spacial score (nSPS) is 21.4. The van der Waals surface area contributed by atoms with Gasteiger partial charge in [0, 0.05) is 62.8 Å². The third kappa shape index (κ3) is 31.3. The Morgan fingerprint density at radius 3 is 1.04 bits per heavy atom. The Balaban J connectivity index is 0.000000351. The van der Waals surface area contributed by atoms with E-state index in [0.29, 0.717) is 93.8 Å². The molecule has 570 valence electrons. The van der Waals surface area contributed by atoms with Gasteiger partial charge < -0.3 is 48.0 Å². The monoisotopic (exact) mass is 1450 g/mol. The van der Waals surface area contributed by atoms with Crippen LogP contribution in [0, 0.1) is 55.3 Å². The van der Waals surface area contributed by atoms with Gasteiger partial charge in [-0.05, 0) is 227 Å². The second-order valence-corrected chi connectivity index (χ2v) is 35.7. The summed E-state index contributed by atoms with van der Waals surface area (Å²) in [6, 6.07) is 13.6. The average molecular weight is 1450 g/mol. The number of carbonyl (C=O) groups excluding carboxylic acids is 6. The minimum atomic E-state index is -3.74. The van der Waals surface area contributed by atoms with E-state index in [4.69, 9.17) is 32.1 Å². The van der Waals surface area contributed by atoms with E-state index in [1.807, 2.05) is 112 Å². The average Bonchev–Trinajstić information content (AvgIpc) is 0.893. The molecule has 0 N–H and O–H groups in total. The number of amides is 4. The minimum absolute atomic E-state index is 0.0458. The number of likely N-dealkylation sites (tertiary alicyclic amines) is 4. The maximum Gasteiger partial charge on any atom is 0.410 e. The Morgan fingerprint density at radius 2 is 0.750 bits per heavy atom. The maximum absolute atomic E-state index is 12.6. The summed E-state index contributed by atoms with van der Waals surface area (Å²) in [6.07, 6.45) is 8.49. The first-order chi connectivity index (χ1) is 46.0. The van der Waals surface area contributed by atoms with E-state index < -0.39 is 42.6 Å². The summed E-state index contributed by atoms with van der Waals surface area (Å²) in [5.41, 5.74) is 1.00. The van der Waals surface area contributed by atoms with Crippen LogP contribution in [-0.4, -0.2) is 173 Å². The molecule has 1 unspecified atom stereocenters. The first kappa shape index (κ1) is 88.2.